The van der Waals surface area contributed by atoms with Crippen molar-refractivity contribution in [3.63, 3.8) is 0 Å². The van der Waals surface area contributed by atoms with E-state index in [1.807, 2.05) is 52.0 Å². The smallest absolute Gasteiger partial charge is 0.264 e. The highest BCUT2D eigenvalue weighted by Gasteiger charge is 2.34. The lowest BCUT2D eigenvalue weighted by molar-refractivity contribution is -0.140. The van der Waals surface area contributed by atoms with Gasteiger partial charge in [0.05, 0.1) is 24.8 Å². The van der Waals surface area contributed by atoms with Crippen LogP contribution in [0.15, 0.2) is 71.6 Å². The quantitative estimate of drug-likeness (QED) is 0.250. The van der Waals surface area contributed by atoms with Gasteiger partial charge in [-0.25, -0.2) is 8.42 Å². The number of nitrogens with one attached hydrogen (secondary N) is 1. The lowest BCUT2D eigenvalue weighted by Gasteiger charge is -2.34. The molecule has 0 aliphatic rings. The molecule has 0 radical (unpaired) electrons. The Morgan fingerprint density at radius 3 is 2.19 bits per heavy atom. The maximum Gasteiger partial charge on any atom is 0.264 e. The van der Waals surface area contributed by atoms with Crippen LogP contribution in [0.25, 0.3) is 0 Å². The Bertz CT molecular complexity index is 1510. The van der Waals surface area contributed by atoms with Gasteiger partial charge in [-0.15, -0.1) is 0 Å². The molecule has 0 saturated heterocycles. The third-order valence-corrected chi connectivity index (χ3v) is 9.18. The van der Waals surface area contributed by atoms with Crippen LogP contribution in [0.5, 0.6) is 11.5 Å². The Morgan fingerprint density at radius 2 is 1.60 bits per heavy atom. The van der Waals surface area contributed by atoms with Crippen LogP contribution in [0.3, 0.4) is 0 Å². The van der Waals surface area contributed by atoms with Crippen molar-refractivity contribution in [1.82, 2.24) is 10.2 Å². The van der Waals surface area contributed by atoms with Crippen molar-refractivity contribution in [2.24, 2.45) is 0 Å². The first-order valence-electron chi connectivity index (χ1n) is 14.1. The molecule has 0 spiro atoms. The third kappa shape index (κ3) is 8.42. The van der Waals surface area contributed by atoms with E-state index < -0.39 is 28.5 Å². The maximum absolute atomic E-state index is 14.2. The van der Waals surface area contributed by atoms with Crippen LogP contribution in [0.1, 0.15) is 44.7 Å². The zero-order valence-electron chi connectivity index (χ0n) is 25.5. The molecule has 232 valence electrons. The summed E-state index contributed by atoms with van der Waals surface area (Å²) in [5.41, 5.74) is 2.06. The van der Waals surface area contributed by atoms with Crippen LogP contribution in [0.2, 0.25) is 5.02 Å². The van der Waals surface area contributed by atoms with E-state index in [0.717, 1.165) is 21.9 Å². The van der Waals surface area contributed by atoms with Crippen LogP contribution in [-0.4, -0.2) is 58.0 Å². The molecular formula is C32H40ClN3O6S. The summed E-state index contributed by atoms with van der Waals surface area (Å²) in [6.45, 7) is 7.20. The minimum absolute atomic E-state index is 0.0894. The zero-order chi connectivity index (χ0) is 31.7. The number of amides is 2. The number of halogens is 1. The monoisotopic (exact) mass is 629 g/mol. The van der Waals surface area contributed by atoms with Crippen LogP contribution in [-0.2, 0) is 26.2 Å². The van der Waals surface area contributed by atoms with Gasteiger partial charge in [0.1, 0.15) is 12.6 Å². The van der Waals surface area contributed by atoms with Crippen molar-refractivity contribution < 1.29 is 27.5 Å². The Labute approximate surface area is 259 Å². The minimum Gasteiger partial charge on any atom is -0.493 e. The molecule has 0 unspecified atom stereocenters. The summed E-state index contributed by atoms with van der Waals surface area (Å²) < 4.78 is 39.9. The summed E-state index contributed by atoms with van der Waals surface area (Å²) >= 11 is 6.11. The van der Waals surface area contributed by atoms with Crippen LogP contribution >= 0.6 is 11.6 Å². The highest BCUT2D eigenvalue weighted by atomic mass is 35.5. The van der Waals surface area contributed by atoms with E-state index >= 15 is 0 Å². The van der Waals surface area contributed by atoms with Crippen molar-refractivity contribution in [3.8, 4) is 11.5 Å². The van der Waals surface area contributed by atoms with E-state index in [-0.39, 0.29) is 34.8 Å². The molecule has 1 N–H and O–H groups in total. The standard InChI is InChI=1S/C32H40ClN3O6S/c1-7-23(4)34-32(38)28(8-2)35(20-24-11-9-10-22(3)18-24)31(37)21-36(26-14-12-25(33)13-15-26)43(39,40)27-16-17-29(41-5)30(19-27)42-6/h9-19,23,28H,7-8,20-21H2,1-6H3,(H,34,38)/t23-,28+/m1/s1. The summed E-state index contributed by atoms with van der Waals surface area (Å²) in [5, 5.41) is 3.39. The number of hydrogen-bond acceptors (Lipinski definition) is 6. The SMILES string of the molecule is CC[C@@H](C)NC(=O)[C@H](CC)N(Cc1cccc(C)c1)C(=O)CN(c1ccc(Cl)cc1)S(=O)(=O)c1ccc(OC)c(OC)c1. The van der Waals surface area contributed by atoms with Crippen molar-refractivity contribution in [1.29, 1.82) is 0 Å². The molecule has 3 aromatic carbocycles. The molecule has 0 saturated carbocycles. The van der Waals surface area contributed by atoms with E-state index in [4.69, 9.17) is 21.1 Å². The topological polar surface area (TPSA) is 105 Å². The second kappa shape index (κ2) is 15.1. The number of aryl methyl sites for hydroxylation is 1. The van der Waals surface area contributed by atoms with Crippen molar-refractivity contribution >= 4 is 39.1 Å². The van der Waals surface area contributed by atoms with Gasteiger partial charge in [-0.2, -0.15) is 0 Å². The van der Waals surface area contributed by atoms with E-state index in [9.17, 15) is 18.0 Å². The first kappa shape index (κ1) is 33.7. The van der Waals surface area contributed by atoms with E-state index in [1.54, 1.807) is 12.1 Å². The molecular weight excluding hydrogens is 590 g/mol. The summed E-state index contributed by atoms with van der Waals surface area (Å²) in [6, 6.07) is 17.1. The van der Waals surface area contributed by atoms with Gasteiger partial charge in [-0.05, 0) is 68.7 Å². The zero-order valence-corrected chi connectivity index (χ0v) is 27.0. The van der Waals surface area contributed by atoms with Crippen LogP contribution in [0, 0.1) is 6.92 Å². The summed E-state index contributed by atoms with van der Waals surface area (Å²) in [6.07, 6.45) is 1.06. The normalized spacial score (nSPS) is 12.6. The molecule has 0 fully saturated rings. The number of carbonyl (C=O) groups is 2. The summed E-state index contributed by atoms with van der Waals surface area (Å²) in [5.74, 6) is -0.247. The van der Waals surface area contributed by atoms with Gasteiger partial charge >= 0.3 is 0 Å². The number of hydrogen-bond donors (Lipinski definition) is 1. The molecule has 2 atom stereocenters. The number of rotatable bonds is 14. The average molecular weight is 630 g/mol. The average Bonchev–Trinajstić information content (AvgIpc) is 2.99. The molecule has 0 heterocycles. The van der Waals surface area contributed by atoms with Gasteiger partial charge in [0.25, 0.3) is 10.0 Å². The second-order valence-electron chi connectivity index (χ2n) is 10.3. The fraction of sp³-hybridized carbons (Fsp3) is 0.375. The van der Waals surface area contributed by atoms with E-state index in [0.29, 0.717) is 17.2 Å². The largest absolute Gasteiger partial charge is 0.493 e. The molecule has 43 heavy (non-hydrogen) atoms. The number of benzene rings is 3. The maximum atomic E-state index is 14.2. The Hall–Kier alpha value is -3.76. The van der Waals surface area contributed by atoms with Gasteiger partial charge in [-0.3, -0.25) is 13.9 Å². The predicted octanol–water partition coefficient (Wildman–Crippen LogP) is 5.58. The van der Waals surface area contributed by atoms with Crippen molar-refractivity contribution in [2.45, 2.75) is 64.1 Å². The molecule has 2 amide bonds. The number of nitrogens with zero attached hydrogens (tertiary/aromatic N) is 2. The Kier molecular flexibility index (Phi) is 11.9. The van der Waals surface area contributed by atoms with E-state index in [1.165, 1.54) is 49.5 Å². The van der Waals surface area contributed by atoms with Gasteiger partial charge in [0.2, 0.25) is 11.8 Å². The molecule has 3 aromatic rings. The molecule has 9 nitrogen and oxygen atoms in total. The first-order chi connectivity index (χ1) is 20.4. The van der Waals surface area contributed by atoms with Gasteiger partial charge < -0.3 is 19.7 Å². The van der Waals surface area contributed by atoms with Crippen LogP contribution < -0.4 is 19.1 Å². The Balaban J connectivity index is 2.10. The highest BCUT2D eigenvalue weighted by Crippen LogP contribution is 2.33. The first-order valence-corrected chi connectivity index (χ1v) is 15.9. The number of sulfonamides is 1. The van der Waals surface area contributed by atoms with Crippen LogP contribution in [0.4, 0.5) is 5.69 Å². The molecule has 0 aliphatic carbocycles. The Morgan fingerprint density at radius 1 is 0.930 bits per heavy atom. The minimum atomic E-state index is -4.30. The number of methoxy groups -OCH3 is 2. The van der Waals surface area contributed by atoms with Gasteiger partial charge in [-0.1, -0.05) is 55.3 Å². The van der Waals surface area contributed by atoms with E-state index in [2.05, 4.69) is 5.32 Å². The lowest BCUT2D eigenvalue weighted by Crippen LogP contribution is -2.53. The highest BCUT2D eigenvalue weighted by molar-refractivity contribution is 7.92. The number of ether oxygens (including phenoxy) is 2. The third-order valence-electron chi connectivity index (χ3n) is 7.16. The summed E-state index contributed by atoms with van der Waals surface area (Å²) in [4.78, 5) is 29.0. The van der Waals surface area contributed by atoms with Crippen molar-refractivity contribution in [2.75, 3.05) is 25.1 Å². The van der Waals surface area contributed by atoms with Crippen molar-refractivity contribution in [3.05, 3.63) is 82.9 Å². The summed E-state index contributed by atoms with van der Waals surface area (Å²) in [7, 11) is -1.44. The number of carbonyl (C=O) groups excluding carboxylic acids is 2. The fourth-order valence-corrected chi connectivity index (χ4v) is 6.16. The fourth-order valence-electron chi connectivity index (χ4n) is 4.61. The lowest BCUT2D eigenvalue weighted by atomic mass is 10.1. The molecule has 3 rings (SSSR count). The molecule has 0 aliphatic heterocycles. The van der Waals surface area contributed by atoms with Gasteiger partial charge in [0, 0.05) is 23.7 Å². The molecule has 0 bridgehead atoms. The van der Waals surface area contributed by atoms with Gasteiger partial charge in [0.15, 0.2) is 11.5 Å². The second-order valence-corrected chi connectivity index (χ2v) is 12.6. The predicted molar refractivity (Wildman–Crippen MR) is 169 cm³/mol. The molecule has 0 aromatic heterocycles. The number of anilines is 1. The molecule has 11 heteroatoms.